The van der Waals surface area contributed by atoms with Gasteiger partial charge in [0.05, 0.1) is 18.2 Å². The lowest BCUT2D eigenvalue weighted by atomic mass is 9.84. The third-order valence-corrected chi connectivity index (χ3v) is 6.30. The first-order valence-corrected chi connectivity index (χ1v) is 12.0. The van der Waals surface area contributed by atoms with E-state index in [2.05, 4.69) is 16.0 Å². The number of anilines is 1. The van der Waals surface area contributed by atoms with Crippen molar-refractivity contribution < 1.29 is 31.9 Å². The van der Waals surface area contributed by atoms with E-state index in [-0.39, 0.29) is 18.5 Å². The molecule has 1 aliphatic rings. The quantitative estimate of drug-likeness (QED) is 0.306. The van der Waals surface area contributed by atoms with Crippen LogP contribution < -0.4 is 20.7 Å². The fraction of sp³-hybridized carbons (Fsp3) is 0.462. The summed E-state index contributed by atoms with van der Waals surface area (Å²) in [7, 11) is 1.58. The van der Waals surface area contributed by atoms with Gasteiger partial charge in [0, 0.05) is 18.8 Å². The Hall–Kier alpha value is -3.30. The predicted octanol–water partition coefficient (Wildman–Crippen LogP) is 5.15. The second kappa shape index (κ2) is 12.6. The molecule has 1 atom stereocenters. The summed E-state index contributed by atoms with van der Waals surface area (Å²) < 4.78 is 57.9. The van der Waals surface area contributed by atoms with E-state index in [0.717, 1.165) is 49.6 Å². The van der Waals surface area contributed by atoms with Gasteiger partial charge in [-0.3, -0.25) is 9.59 Å². The van der Waals surface area contributed by atoms with Crippen molar-refractivity contribution in [1.82, 2.24) is 10.6 Å². The van der Waals surface area contributed by atoms with Crippen LogP contribution in [0.25, 0.3) is 0 Å². The highest BCUT2D eigenvalue weighted by Crippen LogP contribution is 2.30. The molecule has 0 bridgehead atoms. The molecule has 0 radical (unpaired) electrons. The van der Waals surface area contributed by atoms with E-state index >= 15 is 0 Å². The third kappa shape index (κ3) is 7.86. The highest BCUT2D eigenvalue weighted by Gasteiger charge is 2.32. The Morgan fingerprint density at radius 1 is 1.03 bits per heavy atom. The number of benzene rings is 2. The largest absolute Gasteiger partial charge is 0.497 e. The molecule has 1 fully saturated rings. The summed E-state index contributed by atoms with van der Waals surface area (Å²) in [5, 5.41) is 8.49. The fourth-order valence-corrected chi connectivity index (χ4v) is 4.32. The molecule has 2 aromatic rings. The second-order valence-corrected chi connectivity index (χ2v) is 8.90. The third-order valence-electron chi connectivity index (χ3n) is 6.30. The first-order valence-electron chi connectivity index (χ1n) is 12.0. The van der Waals surface area contributed by atoms with E-state index in [1.165, 1.54) is 0 Å². The minimum Gasteiger partial charge on any atom is -0.497 e. The summed E-state index contributed by atoms with van der Waals surface area (Å²) >= 11 is 0. The Balaban J connectivity index is 1.61. The van der Waals surface area contributed by atoms with Crippen molar-refractivity contribution in [2.24, 2.45) is 5.92 Å². The number of hydrogen-bond donors (Lipinski definition) is 3. The lowest BCUT2D eigenvalue weighted by Crippen LogP contribution is -2.48. The maximum Gasteiger partial charge on any atom is 0.416 e. The molecule has 36 heavy (non-hydrogen) atoms. The van der Waals surface area contributed by atoms with Crippen molar-refractivity contribution >= 4 is 17.5 Å². The SMILES string of the molecule is COc1ccc(NCCNC(=O)C(CC2CCCCC2)NC(=O)c2ccc(C(F)(F)F)cc2F)cc1. The number of amides is 2. The average Bonchev–Trinajstić information content (AvgIpc) is 2.86. The predicted molar refractivity (Wildman–Crippen MR) is 128 cm³/mol. The highest BCUT2D eigenvalue weighted by molar-refractivity contribution is 5.97. The van der Waals surface area contributed by atoms with Crippen LogP contribution in [0.3, 0.4) is 0 Å². The van der Waals surface area contributed by atoms with Crippen molar-refractivity contribution in [2.45, 2.75) is 50.7 Å². The zero-order valence-corrected chi connectivity index (χ0v) is 20.1. The van der Waals surface area contributed by atoms with Crippen LogP contribution in [0.15, 0.2) is 42.5 Å². The number of ether oxygens (including phenoxy) is 1. The van der Waals surface area contributed by atoms with Gasteiger partial charge >= 0.3 is 6.18 Å². The standard InChI is InChI=1S/C26H31F4N3O3/c1-36-20-10-8-19(9-11-20)31-13-14-32-25(35)23(15-17-5-3-2-4-6-17)33-24(34)21-12-7-18(16-22(21)27)26(28,29)30/h7-12,16-17,23,31H,2-6,13-15H2,1H3,(H,32,35)(H,33,34). The van der Waals surface area contributed by atoms with Crippen LogP contribution in [0.5, 0.6) is 5.75 Å². The first kappa shape index (κ1) is 27.3. The summed E-state index contributed by atoms with van der Waals surface area (Å²) in [6.07, 6.45) is 0.692. The number of nitrogens with one attached hydrogen (secondary N) is 3. The Bertz CT molecular complexity index is 1020. The van der Waals surface area contributed by atoms with Crippen molar-refractivity contribution in [3.63, 3.8) is 0 Å². The molecule has 3 rings (SSSR count). The molecule has 10 heteroatoms. The van der Waals surface area contributed by atoms with E-state index in [1.54, 1.807) is 19.2 Å². The molecule has 1 saturated carbocycles. The van der Waals surface area contributed by atoms with Gasteiger partial charge in [-0.2, -0.15) is 13.2 Å². The molecular formula is C26H31F4N3O3. The van der Waals surface area contributed by atoms with Crippen molar-refractivity contribution in [3.05, 3.63) is 59.4 Å². The molecule has 3 N–H and O–H groups in total. The van der Waals surface area contributed by atoms with Gasteiger partial charge in [-0.25, -0.2) is 4.39 Å². The minimum atomic E-state index is -4.72. The number of carbonyl (C=O) groups is 2. The van der Waals surface area contributed by atoms with Gasteiger partial charge in [0.1, 0.15) is 17.6 Å². The number of rotatable bonds is 10. The van der Waals surface area contributed by atoms with Gasteiger partial charge in [0.25, 0.3) is 5.91 Å². The zero-order chi connectivity index (χ0) is 26.1. The Morgan fingerprint density at radius 3 is 2.33 bits per heavy atom. The van der Waals surface area contributed by atoms with Gasteiger partial charge in [0.15, 0.2) is 0 Å². The monoisotopic (exact) mass is 509 g/mol. The van der Waals surface area contributed by atoms with Crippen LogP contribution in [0.4, 0.5) is 23.2 Å². The van der Waals surface area contributed by atoms with Gasteiger partial charge in [-0.15, -0.1) is 0 Å². The molecule has 196 valence electrons. The summed E-state index contributed by atoms with van der Waals surface area (Å²) in [6, 6.07) is 8.09. The summed E-state index contributed by atoms with van der Waals surface area (Å²) in [5.74, 6) is -1.68. The van der Waals surface area contributed by atoms with Crippen molar-refractivity contribution in [1.29, 1.82) is 0 Å². The number of alkyl halides is 3. The molecular weight excluding hydrogens is 478 g/mol. The molecule has 0 heterocycles. The van der Waals surface area contributed by atoms with Gasteiger partial charge in [0.2, 0.25) is 5.91 Å². The molecule has 0 aromatic heterocycles. The molecule has 0 saturated heterocycles. The first-order chi connectivity index (χ1) is 17.2. The number of methoxy groups -OCH3 is 1. The molecule has 2 aromatic carbocycles. The second-order valence-electron chi connectivity index (χ2n) is 8.90. The topological polar surface area (TPSA) is 79.5 Å². The zero-order valence-electron chi connectivity index (χ0n) is 20.1. The number of carbonyl (C=O) groups excluding carboxylic acids is 2. The Labute approximate surface area is 207 Å². The molecule has 1 aliphatic carbocycles. The van der Waals surface area contributed by atoms with Crippen LogP contribution in [-0.4, -0.2) is 38.1 Å². The molecule has 2 amide bonds. The summed E-state index contributed by atoms with van der Waals surface area (Å²) in [4.78, 5) is 25.7. The van der Waals surface area contributed by atoms with Crippen LogP contribution in [0, 0.1) is 11.7 Å². The summed E-state index contributed by atoms with van der Waals surface area (Å²) in [5.41, 5.74) is -0.877. The molecule has 0 spiro atoms. The summed E-state index contributed by atoms with van der Waals surface area (Å²) in [6.45, 7) is 0.701. The van der Waals surface area contributed by atoms with E-state index < -0.39 is 41.0 Å². The van der Waals surface area contributed by atoms with E-state index in [4.69, 9.17) is 4.74 Å². The maximum absolute atomic E-state index is 14.3. The van der Waals surface area contributed by atoms with Crippen LogP contribution >= 0.6 is 0 Å². The lowest BCUT2D eigenvalue weighted by molar-refractivity contribution is -0.137. The lowest BCUT2D eigenvalue weighted by Gasteiger charge is -2.27. The van der Waals surface area contributed by atoms with Crippen LogP contribution in [-0.2, 0) is 11.0 Å². The smallest absolute Gasteiger partial charge is 0.416 e. The number of halogens is 4. The number of hydrogen-bond acceptors (Lipinski definition) is 4. The minimum absolute atomic E-state index is 0.227. The molecule has 6 nitrogen and oxygen atoms in total. The van der Waals surface area contributed by atoms with Crippen molar-refractivity contribution in [2.75, 3.05) is 25.5 Å². The van der Waals surface area contributed by atoms with Gasteiger partial charge < -0.3 is 20.7 Å². The maximum atomic E-state index is 14.3. The van der Waals surface area contributed by atoms with Gasteiger partial charge in [-0.05, 0) is 54.8 Å². The Kier molecular flexibility index (Phi) is 9.55. The Morgan fingerprint density at radius 2 is 1.72 bits per heavy atom. The average molecular weight is 510 g/mol. The van der Waals surface area contributed by atoms with E-state index in [0.29, 0.717) is 19.0 Å². The molecule has 0 aliphatic heterocycles. The van der Waals surface area contributed by atoms with Gasteiger partial charge in [-0.1, -0.05) is 32.1 Å². The van der Waals surface area contributed by atoms with E-state index in [9.17, 15) is 27.2 Å². The normalized spacial score (nSPS) is 15.1. The van der Waals surface area contributed by atoms with Crippen LogP contribution in [0.1, 0.15) is 54.4 Å². The molecule has 1 unspecified atom stereocenters. The fourth-order valence-electron chi connectivity index (χ4n) is 4.32. The van der Waals surface area contributed by atoms with E-state index in [1.807, 2.05) is 12.1 Å². The van der Waals surface area contributed by atoms with Crippen molar-refractivity contribution in [3.8, 4) is 5.75 Å². The highest BCUT2D eigenvalue weighted by atomic mass is 19.4. The van der Waals surface area contributed by atoms with Crippen LogP contribution in [0.2, 0.25) is 0 Å².